The first-order valence-corrected chi connectivity index (χ1v) is 10.4. The van der Waals surface area contributed by atoms with E-state index >= 15 is 0 Å². The molecule has 0 bridgehead atoms. The maximum absolute atomic E-state index is 11.4. The average Bonchev–Trinajstić information content (AvgIpc) is 2.77. The summed E-state index contributed by atoms with van der Waals surface area (Å²) in [6, 6.07) is 14.2. The molecule has 2 aliphatic heterocycles. The van der Waals surface area contributed by atoms with E-state index in [0.717, 1.165) is 68.3 Å². The lowest BCUT2D eigenvalue weighted by molar-refractivity contribution is -0.116. The van der Waals surface area contributed by atoms with Crippen LogP contribution in [0.25, 0.3) is 0 Å². The summed E-state index contributed by atoms with van der Waals surface area (Å²) >= 11 is 0. The van der Waals surface area contributed by atoms with Gasteiger partial charge in [-0.1, -0.05) is 12.1 Å². The minimum Gasteiger partial charge on any atom is -0.495 e. The van der Waals surface area contributed by atoms with Crippen LogP contribution in [0.5, 0.6) is 11.5 Å². The van der Waals surface area contributed by atoms with Crippen molar-refractivity contribution in [1.82, 2.24) is 4.90 Å². The van der Waals surface area contributed by atoms with Crippen molar-refractivity contribution in [2.24, 2.45) is 0 Å². The van der Waals surface area contributed by atoms with Gasteiger partial charge in [0, 0.05) is 44.8 Å². The fraction of sp³-hybridized carbons (Fsp3) is 0.435. The molecule has 0 atom stereocenters. The van der Waals surface area contributed by atoms with E-state index in [-0.39, 0.29) is 5.91 Å². The second-order valence-electron chi connectivity index (χ2n) is 7.57. The molecule has 1 fully saturated rings. The Morgan fingerprint density at radius 2 is 1.86 bits per heavy atom. The summed E-state index contributed by atoms with van der Waals surface area (Å²) in [5, 5.41) is 2.91. The highest BCUT2D eigenvalue weighted by atomic mass is 16.5. The topological polar surface area (TPSA) is 54.0 Å². The third kappa shape index (κ3) is 4.82. The molecule has 0 aliphatic carbocycles. The van der Waals surface area contributed by atoms with Crippen molar-refractivity contribution < 1.29 is 14.3 Å². The number of nitrogens with zero attached hydrogens (tertiary/aromatic N) is 2. The number of aryl methyl sites for hydroxylation is 1. The van der Waals surface area contributed by atoms with Crippen LogP contribution in [-0.4, -0.2) is 57.2 Å². The third-order valence-electron chi connectivity index (χ3n) is 5.66. The Morgan fingerprint density at radius 3 is 2.69 bits per heavy atom. The van der Waals surface area contributed by atoms with Crippen molar-refractivity contribution >= 4 is 17.3 Å². The van der Waals surface area contributed by atoms with E-state index in [4.69, 9.17) is 9.47 Å². The second kappa shape index (κ2) is 9.18. The predicted molar refractivity (Wildman–Crippen MR) is 115 cm³/mol. The summed E-state index contributed by atoms with van der Waals surface area (Å²) in [6.07, 6.45) is 2.34. The minimum atomic E-state index is 0.0944. The van der Waals surface area contributed by atoms with Crippen LogP contribution in [0.4, 0.5) is 11.4 Å². The van der Waals surface area contributed by atoms with Crippen molar-refractivity contribution in [3.63, 3.8) is 0 Å². The number of methoxy groups -OCH3 is 1. The van der Waals surface area contributed by atoms with E-state index in [1.807, 2.05) is 24.3 Å². The van der Waals surface area contributed by atoms with E-state index < -0.39 is 0 Å². The molecule has 154 valence electrons. The van der Waals surface area contributed by atoms with Gasteiger partial charge in [-0.2, -0.15) is 0 Å². The Kier molecular flexibility index (Phi) is 6.20. The largest absolute Gasteiger partial charge is 0.495 e. The molecular formula is C23H29N3O3. The molecule has 29 heavy (non-hydrogen) atoms. The molecule has 0 unspecified atom stereocenters. The maximum Gasteiger partial charge on any atom is 0.224 e. The summed E-state index contributed by atoms with van der Waals surface area (Å²) < 4.78 is 11.4. The van der Waals surface area contributed by atoms with E-state index in [2.05, 4.69) is 33.3 Å². The first-order chi connectivity index (χ1) is 14.2. The number of carbonyl (C=O) groups is 1. The average molecular weight is 396 g/mol. The molecule has 0 spiro atoms. The van der Waals surface area contributed by atoms with E-state index in [9.17, 15) is 4.79 Å². The molecule has 0 saturated carbocycles. The molecule has 0 aromatic heterocycles. The van der Waals surface area contributed by atoms with Gasteiger partial charge in [-0.3, -0.25) is 9.69 Å². The molecular weight excluding hydrogens is 366 g/mol. The zero-order chi connectivity index (χ0) is 20.1. The molecule has 1 amide bonds. The zero-order valence-electron chi connectivity index (χ0n) is 17.0. The van der Waals surface area contributed by atoms with Gasteiger partial charge in [0.15, 0.2) is 0 Å². The maximum atomic E-state index is 11.4. The summed E-state index contributed by atoms with van der Waals surface area (Å²) in [4.78, 5) is 16.3. The van der Waals surface area contributed by atoms with Gasteiger partial charge in [-0.05, 0) is 48.7 Å². The lowest BCUT2D eigenvalue weighted by Crippen LogP contribution is -2.46. The van der Waals surface area contributed by atoms with Crippen molar-refractivity contribution in [3.05, 3.63) is 48.0 Å². The van der Waals surface area contributed by atoms with E-state index in [1.165, 1.54) is 5.69 Å². The number of benzene rings is 2. The van der Waals surface area contributed by atoms with E-state index in [0.29, 0.717) is 13.0 Å². The summed E-state index contributed by atoms with van der Waals surface area (Å²) in [7, 11) is 1.73. The van der Waals surface area contributed by atoms with Crippen LogP contribution >= 0.6 is 0 Å². The first kappa shape index (κ1) is 19.6. The minimum absolute atomic E-state index is 0.0944. The molecule has 2 aliphatic rings. The molecule has 1 saturated heterocycles. The number of para-hydroxylation sites is 2. The number of amides is 1. The van der Waals surface area contributed by atoms with Gasteiger partial charge in [0.2, 0.25) is 5.91 Å². The number of rotatable bonds is 7. The Bertz CT molecular complexity index is 847. The normalized spacial score (nSPS) is 16.9. The van der Waals surface area contributed by atoms with Crippen molar-refractivity contribution in [1.29, 1.82) is 0 Å². The van der Waals surface area contributed by atoms with Gasteiger partial charge in [-0.25, -0.2) is 0 Å². The third-order valence-corrected chi connectivity index (χ3v) is 5.66. The fourth-order valence-electron chi connectivity index (χ4n) is 4.03. The number of nitrogens with one attached hydrogen (secondary N) is 1. The second-order valence-corrected chi connectivity index (χ2v) is 7.57. The molecule has 2 aromatic carbocycles. The predicted octanol–water partition coefficient (Wildman–Crippen LogP) is 3.17. The fourth-order valence-corrected chi connectivity index (χ4v) is 4.03. The summed E-state index contributed by atoms with van der Waals surface area (Å²) in [5.74, 6) is 1.93. The molecule has 6 nitrogen and oxygen atoms in total. The standard InChI is InChI=1S/C23H29N3O3/c1-28-22-6-3-2-5-21(22)26-14-12-25(13-15-26)11-4-16-29-19-8-9-20-18(17-19)7-10-23(27)24-20/h2-3,5-6,8-9,17H,4,7,10-16H2,1H3,(H,24,27). The highest BCUT2D eigenvalue weighted by Gasteiger charge is 2.19. The number of carbonyl (C=O) groups excluding carboxylic acids is 1. The summed E-state index contributed by atoms with van der Waals surface area (Å²) in [5.41, 5.74) is 3.26. The number of hydrogen-bond acceptors (Lipinski definition) is 5. The monoisotopic (exact) mass is 395 g/mol. The number of fused-ring (bicyclic) bond motifs is 1. The van der Waals surface area contributed by atoms with E-state index in [1.54, 1.807) is 7.11 Å². The Balaban J connectivity index is 1.19. The summed E-state index contributed by atoms with van der Waals surface area (Å²) in [6.45, 7) is 5.88. The Labute approximate surface area is 172 Å². The van der Waals surface area contributed by atoms with Crippen LogP contribution in [0, 0.1) is 0 Å². The molecule has 4 rings (SSSR count). The van der Waals surface area contributed by atoms with Gasteiger partial charge < -0.3 is 19.7 Å². The van der Waals surface area contributed by atoms with Crippen LogP contribution in [0.3, 0.4) is 0 Å². The zero-order valence-corrected chi connectivity index (χ0v) is 17.0. The van der Waals surface area contributed by atoms with Crippen LogP contribution < -0.4 is 19.7 Å². The number of hydrogen-bond donors (Lipinski definition) is 1. The highest BCUT2D eigenvalue weighted by molar-refractivity contribution is 5.94. The lowest BCUT2D eigenvalue weighted by atomic mass is 10.0. The smallest absolute Gasteiger partial charge is 0.224 e. The molecule has 2 heterocycles. The van der Waals surface area contributed by atoms with Crippen LogP contribution in [0.1, 0.15) is 18.4 Å². The molecule has 0 radical (unpaired) electrons. The SMILES string of the molecule is COc1ccccc1N1CCN(CCCOc2ccc3c(c2)CCC(=O)N3)CC1. The lowest BCUT2D eigenvalue weighted by Gasteiger charge is -2.36. The molecule has 2 aromatic rings. The van der Waals surface area contributed by atoms with Crippen molar-refractivity contribution in [2.45, 2.75) is 19.3 Å². The quantitative estimate of drug-likeness (QED) is 0.730. The number of ether oxygens (including phenoxy) is 2. The van der Waals surface area contributed by atoms with Gasteiger partial charge in [-0.15, -0.1) is 0 Å². The van der Waals surface area contributed by atoms with Crippen LogP contribution in [0.2, 0.25) is 0 Å². The Hall–Kier alpha value is -2.73. The van der Waals surface area contributed by atoms with Gasteiger partial charge in [0.25, 0.3) is 0 Å². The first-order valence-electron chi connectivity index (χ1n) is 10.4. The van der Waals surface area contributed by atoms with Crippen LogP contribution in [0.15, 0.2) is 42.5 Å². The molecule has 1 N–H and O–H groups in total. The highest BCUT2D eigenvalue weighted by Crippen LogP contribution is 2.29. The van der Waals surface area contributed by atoms with Crippen molar-refractivity contribution in [2.75, 3.05) is 56.7 Å². The van der Waals surface area contributed by atoms with Gasteiger partial charge >= 0.3 is 0 Å². The molecule has 6 heteroatoms. The van der Waals surface area contributed by atoms with Gasteiger partial charge in [0.1, 0.15) is 11.5 Å². The number of piperazine rings is 1. The van der Waals surface area contributed by atoms with Crippen molar-refractivity contribution in [3.8, 4) is 11.5 Å². The van der Waals surface area contributed by atoms with Crippen LogP contribution in [-0.2, 0) is 11.2 Å². The Morgan fingerprint density at radius 1 is 1.03 bits per heavy atom. The van der Waals surface area contributed by atoms with Gasteiger partial charge in [0.05, 0.1) is 19.4 Å². The number of anilines is 2.